The first-order valence-corrected chi connectivity index (χ1v) is 14.3. The molecule has 0 fully saturated rings. The molecule has 2 aromatic carbocycles. The lowest BCUT2D eigenvalue weighted by Crippen LogP contribution is -2.60. The quantitative estimate of drug-likeness (QED) is 0.435. The third-order valence-corrected chi connectivity index (χ3v) is 6.54. The number of carbonyl (C=O) groups excluding carboxylic acids is 4. The van der Waals surface area contributed by atoms with Crippen LogP contribution < -0.4 is 10.3 Å². The van der Waals surface area contributed by atoms with Gasteiger partial charge in [0.25, 0.3) is 5.91 Å². The predicted octanol–water partition coefficient (Wildman–Crippen LogP) is 3.19. The van der Waals surface area contributed by atoms with Crippen molar-refractivity contribution < 1.29 is 28.7 Å². The lowest BCUT2D eigenvalue weighted by Gasteiger charge is -2.39. The van der Waals surface area contributed by atoms with E-state index in [4.69, 9.17) is 14.5 Å². The molecule has 1 unspecified atom stereocenters. The molecule has 2 atom stereocenters. The van der Waals surface area contributed by atoms with E-state index in [1.54, 1.807) is 45.0 Å². The molecule has 40 heavy (non-hydrogen) atoms. The van der Waals surface area contributed by atoms with Crippen LogP contribution in [0.4, 0.5) is 5.69 Å². The van der Waals surface area contributed by atoms with Gasteiger partial charge in [-0.15, -0.1) is 0 Å². The fourth-order valence-corrected chi connectivity index (χ4v) is 4.75. The molecule has 0 bridgehead atoms. The summed E-state index contributed by atoms with van der Waals surface area (Å²) >= 11 is 1.50. The fraction of sp³-hybridized carbons (Fsp3) is 0.414. The number of rotatable bonds is 10. The van der Waals surface area contributed by atoms with E-state index in [2.05, 4.69) is 5.32 Å². The van der Waals surface area contributed by atoms with Gasteiger partial charge in [-0.05, 0) is 45.3 Å². The van der Waals surface area contributed by atoms with Crippen LogP contribution >= 0.6 is 11.8 Å². The van der Waals surface area contributed by atoms with Gasteiger partial charge in [-0.2, -0.15) is 11.8 Å². The second-order valence-corrected chi connectivity index (χ2v) is 11.1. The first kappa shape index (κ1) is 30.8. The second kappa shape index (κ2) is 13.6. The molecule has 1 heterocycles. The fourth-order valence-electron chi connectivity index (χ4n) is 4.29. The Labute approximate surface area is 239 Å². The molecule has 3 rings (SSSR count). The smallest absolute Gasteiger partial charge is 0.330 e. The van der Waals surface area contributed by atoms with E-state index in [1.807, 2.05) is 36.6 Å². The Morgan fingerprint density at radius 3 is 2.35 bits per heavy atom. The Hall–Kier alpha value is -3.70. The minimum atomic E-state index is -1.28. The third-order valence-electron chi connectivity index (χ3n) is 5.90. The van der Waals surface area contributed by atoms with Crippen LogP contribution in [-0.4, -0.2) is 77.9 Å². The molecule has 0 aliphatic carbocycles. The number of nitrogens with zero attached hydrogens (tertiary/aromatic N) is 3. The van der Waals surface area contributed by atoms with E-state index in [0.717, 1.165) is 10.6 Å². The van der Waals surface area contributed by atoms with Crippen molar-refractivity contribution in [3.63, 3.8) is 0 Å². The zero-order valence-electron chi connectivity index (χ0n) is 23.7. The van der Waals surface area contributed by atoms with Crippen LogP contribution in [0, 0.1) is 0 Å². The largest absolute Gasteiger partial charge is 0.467 e. The number of thioether (sulfide) groups is 1. The number of hydrazine groups is 1. The van der Waals surface area contributed by atoms with Crippen molar-refractivity contribution in [2.75, 3.05) is 30.7 Å². The Morgan fingerprint density at radius 1 is 1.10 bits per heavy atom. The summed E-state index contributed by atoms with van der Waals surface area (Å²) in [6.45, 7) is 6.22. The zero-order chi connectivity index (χ0) is 29.4. The number of hydrogen-bond acceptors (Lipinski definition) is 9. The maximum absolute atomic E-state index is 14.3. The first-order chi connectivity index (χ1) is 19.0. The summed E-state index contributed by atoms with van der Waals surface area (Å²) in [6, 6.07) is 15.3. The SMILES string of the molecule is COC(=O)[C@H](CCSC)N(C(C)=O)N1C(=O)C(NCC(=O)OC(C)(C)C)N=C(c2ccccc2)c2ccccc21. The number of nitrogens with one attached hydrogen (secondary N) is 1. The number of benzodiazepines with no additional fused rings is 1. The molecule has 214 valence electrons. The number of esters is 2. The van der Waals surface area contributed by atoms with Gasteiger partial charge in [0.2, 0.25) is 5.91 Å². The highest BCUT2D eigenvalue weighted by Crippen LogP contribution is 2.31. The zero-order valence-corrected chi connectivity index (χ0v) is 24.5. The van der Waals surface area contributed by atoms with Crippen molar-refractivity contribution in [1.29, 1.82) is 0 Å². The Balaban J connectivity index is 2.19. The molecule has 0 aromatic heterocycles. The lowest BCUT2D eigenvalue weighted by atomic mass is 10.0. The van der Waals surface area contributed by atoms with Crippen molar-refractivity contribution in [2.45, 2.75) is 51.9 Å². The van der Waals surface area contributed by atoms with E-state index in [-0.39, 0.29) is 13.0 Å². The van der Waals surface area contributed by atoms with Gasteiger partial charge in [0.05, 0.1) is 25.1 Å². The Kier molecular flexibility index (Phi) is 10.5. The van der Waals surface area contributed by atoms with Crippen molar-refractivity contribution in [2.24, 2.45) is 4.99 Å². The number of para-hydroxylation sites is 1. The molecule has 1 aliphatic rings. The van der Waals surface area contributed by atoms with Crippen molar-refractivity contribution >= 4 is 46.9 Å². The molecular formula is C29H36N4O6S. The molecule has 0 saturated carbocycles. The maximum atomic E-state index is 14.3. The molecule has 10 nitrogen and oxygen atoms in total. The van der Waals surface area contributed by atoms with Gasteiger partial charge in [0.1, 0.15) is 5.60 Å². The lowest BCUT2D eigenvalue weighted by molar-refractivity contribution is -0.154. The summed E-state index contributed by atoms with van der Waals surface area (Å²) in [7, 11) is 1.24. The minimum Gasteiger partial charge on any atom is -0.467 e. The molecule has 0 radical (unpaired) electrons. The summed E-state index contributed by atoms with van der Waals surface area (Å²) < 4.78 is 10.4. The molecule has 2 amide bonds. The van der Waals surface area contributed by atoms with E-state index in [1.165, 1.54) is 30.8 Å². The van der Waals surface area contributed by atoms with Crippen LogP contribution in [0.5, 0.6) is 0 Å². The number of ether oxygens (including phenoxy) is 2. The average Bonchev–Trinajstić information content (AvgIpc) is 3.03. The molecule has 1 N–H and O–H groups in total. The number of amides is 2. The van der Waals surface area contributed by atoms with Crippen molar-refractivity contribution in [3.05, 3.63) is 65.7 Å². The highest BCUT2D eigenvalue weighted by atomic mass is 32.2. The summed E-state index contributed by atoms with van der Waals surface area (Å²) in [5, 5.41) is 5.23. The molecular weight excluding hydrogens is 532 g/mol. The number of benzene rings is 2. The van der Waals surface area contributed by atoms with E-state index < -0.39 is 41.6 Å². The van der Waals surface area contributed by atoms with Gasteiger partial charge in [0.15, 0.2) is 12.2 Å². The van der Waals surface area contributed by atoms with E-state index >= 15 is 0 Å². The molecule has 1 aliphatic heterocycles. The number of hydrogen-bond donors (Lipinski definition) is 1. The summed E-state index contributed by atoms with van der Waals surface area (Å²) in [6.07, 6.45) is 0.854. The molecule has 2 aromatic rings. The van der Waals surface area contributed by atoms with Crippen LogP contribution in [0.25, 0.3) is 0 Å². The van der Waals surface area contributed by atoms with Gasteiger partial charge < -0.3 is 9.47 Å². The first-order valence-electron chi connectivity index (χ1n) is 12.9. The van der Waals surface area contributed by atoms with Gasteiger partial charge >= 0.3 is 11.9 Å². The molecule has 0 saturated heterocycles. The number of fused-ring (bicyclic) bond motifs is 1. The third kappa shape index (κ3) is 7.48. The molecule has 0 spiro atoms. The van der Waals surface area contributed by atoms with Crippen LogP contribution in [0.3, 0.4) is 0 Å². The highest BCUT2D eigenvalue weighted by Gasteiger charge is 2.42. The normalized spacial score (nSPS) is 15.8. The molecule has 11 heteroatoms. The van der Waals surface area contributed by atoms with E-state index in [9.17, 15) is 19.2 Å². The highest BCUT2D eigenvalue weighted by molar-refractivity contribution is 7.98. The summed E-state index contributed by atoms with van der Waals surface area (Å²) in [4.78, 5) is 57.7. The topological polar surface area (TPSA) is 118 Å². The average molecular weight is 569 g/mol. The van der Waals surface area contributed by atoms with Gasteiger partial charge in [-0.3, -0.25) is 24.7 Å². The van der Waals surface area contributed by atoms with Crippen LogP contribution in [0.1, 0.15) is 45.2 Å². The monoisotopic (exact) mass is 568 g/mol. The van der Waals surface area contributed by atoms with Crippen molar-refractivity contribution in [3.8, 4) is 0 Å². The summed E-state index contributed by atoms with van der Waals surface area (Å²) in [5.41, 5.74) is 1.43. The van der Waals surface area contributed by atoms with Crippen molar-refractivity contribution in [1.82, 2.24) is 10.3 Å². The second-order valence-electron chi connectivity index (χ2n) is 10.1. The Bertz CT molecular complexity index is 1260. The predicted molar refractivity (Wildman–Crippen MR) is 155 cm³/mol. The Morgan fingerprint density at radius 2 is 1.75 bits per heavy atom. The van der Waals surface area contributed by atoms with E-state index in [0.29, 0.717) is 22.7 Å². The van der Waals surface area contributed by atoms with Gasteiger partial charge in [-0.1, -0.05) is 48.5 Å². The number of carbonyl (C=O) groups is 4. The van der Waals surface area contributed by atoms with Gasteiger partial charge in [0, 0.05) is 18.1 Å². The summed E-state index contributed by atoms with van der Waals surface area (Å²) in [5.74, 6) is -1.86. The maximum Gasteiger partial charge on any atom is 0.330 e. The number of anilines is 1. The minimum absolute atomic E-state index is 0.252. The van der Waals surface area contributed by atoms with Crippen LogP contribution in [-0.2, 0) is 28.7 Å². The number of aliphatic imine (C=N–C) groups is 1. The van der Waals surface area contributed by atoms with Crippen LogP contribution in [0.2, 0.25) is 0 Å². The standard InChI is InChI=1S/C29H36N4O6S/c1-19(34)32(23(16-17-40-6)28(37)38-5)33-22-15-11-10-14-21(22)25(20-12-8-7-9-13-20)31-26(27(33)36)30-18-24(35)39-29(2,3)4/h7-15,23,26,30H,16-18H2,1-6H3/t23-,26?/m0/s1. The van der Waals surface area contributed by atoms with Crippen LogP contribution in [0.15, 0.2) is 59.6 Å². The number of methoxy groups -OCH3 is 1. The van der Waals surface area contributed by atoms with Gasteiger partial charge in [-0.25, -0.2) is 14.8 Å².